The third-order valence-electron chi connectivity index (χ3n) is 4.31. The maximum absolute atomic E-state index is 14.0. The molecule has 3 aromatic rings. The predicted molar refractivity (Wildman–Crippen MR) is 112 cm³/mol. The Balaban J connectivity index is 2.38. The lowest BCUT2D eigenvalue weighted by Gasteiger charge is -2.17. The third kappa shape index (κ3) is 4.36. The maximum atomic E-state index is 14.0. The standard InChI is InChI=1S/C20H10Cl2F2N2O7/c21-6-4-7(11-13(18(28)29)16(25)26-17(27)14(11)19(30)31)15(8(22)5-6)33-20(32)12-9(23)2-1-3-10(12)24/h1-5H,(H,28,29)(H,30,31)(H3,25,26,27). The summed E-state index contributed by atoms with van der Waals surface area (Å²) >= 11 is 12.0. The summed E-state index contributed by atoms with van der Waals surface area (Å²) in [7, 11) is 0. The number of H-pyrrole nitrogens is 1. The highest BCUT2D eigenvalue weighted by Gasteiger charge is 2.31. The van der Waals surface area contributed by atoms with E-state index in [2.05, 4.69) is 0 Å². The second kappa shape index (κ2) is 8.88. The van der Waals surface area contributed by atoms with E-state index in [0.29, 0.717) is 0 Å². The van der Waals surface area contributed by atoms with Crippen molar-refractivity contribution in [2.24, 2.45) is 0 Å². The van der Waals surface area contributed by atoms with Crippen molar-refractivity contribution in [1.29, 1.82) is 0 Å². The molecule has 9 nitrogen and oxygen atoms in total. The van der Waals surface area contributed by atoms with Crippen molar-refractivity contribution in [2.45, 2.75) is 0 Å². The van der Waals surface area contributed by atoms with Gasteiger partial charge in [0.05, 0.1) is 5.02 Å². The predicted octanol–water partition coefficient (Wildman–Crippen LogP) is 3.82. The molecule has 170 valence electrons. The second-order valence-corrected chi connectivity index (χ2v) is 7.20. The van der Waals surface area contributed by atoms with Gasteiger partial charge in [-0.2, -0.15) is 0 Å². The van der Waals surface area contributed by atoms with Gasteiger partial charge in [-0.05, 0) is 24.3 Å². The van der Waals surface area contributed by atoms with E-state index < -0.39 is 79.5 Å². The topological polar surface area (TPSA) is 160 Å². The van der Waals surface area contributed by atoms with E-state index in [-0.39, 0.29) is 5.02 Å². The number of aromatic carboxylic acids is 2. The molecule has 13 heteroatoms. The highest BCUT2D eigenvalue weighted by Crippen LogP contribution is 2.42. The molecule has 3 rings (SSSR count). The zero-order chi connectivity index (χ0) is 24.6. The number of anilines is 1. The number of benzene rings is 2. The summed E-state index contributed by atoms with van der Waals surface area (Å²) in [5, 5.41) is 18.5. The van der Waals surface area contributed by atoms with Crippen LogP contribution in [-0.2, 0) is 0 Å². The Hall–Kier alpha value is -3.96. The zero-order valence-electron chi connectivity index (χ0n) is 15.9. The largest absolute Gasteiger partial charge is 0.478 e. The lowest BCUT2D eigenvalue weighted by atomic mass is 9.94. The van der Waals surface area contributed by atoms with E-state index in [9.17, 15) is 38.2 Å². The van der Waals surface area contributed by atoms with Gasteiger partial charge in [-0.15, -0.1) is 0 Å². The first kappa shape index (κ1) is 23.7. The first-order chi connectivity index (χ1) is 15.4. The molecule has 0 aliphatic heterocycles. The molecule has 0 unspecified atom stereocenters. The molecule has 0 fully saturated rings. The van der Waals surface area contributed by atoms with Gasteiger partial charge in [0.1, 0.15) is 34.1 Å². The molecule has 0 spiro atoms. The Labute approximate surface area is 191 Å². The van der Waals surface area contributed by atoms with Crippen molar-refractivity contribution in [1.82, 2.24) is 4.98 Å². The summed E-state index contributed by atoms with van der Waals surface area (Å²) < 4.78 is 33.1. The first-order valence-corrected chi connectivity index (χ1v) is 9.37. The molecule has 0 atom stereocenters. The van der Waals surface area contributed by atoms with Gasteiger partial charge < -0.3 is 25.7 Å². The van der Waals surface area contributed by atoms with Gasteiger partial charge in [-0.25, -0.2) is 23.2 Å². The van der Waals surface area contributed by atoms with Gasteiger partial charge in [0.15, 0.2) is 5.75 Å². The van der Waals surface area contributed by atoms with Crippen LogP contribution in [0.3, 0.4) is 0 Å². The molecule has 0 radical (unpaired) electrons. The molecule has 0 bridgehead atoms. The fourth-order valence-corrected chi connectivity index (χ4v) is 3.53. The zero-order valence-corrected chi connectivity index (χ0v) is 17.4. The quantitative estimate of drug-likeness (QED) is 0.305. The minimum absolute atomic E-state index is 0.182. The maximum Gasteiger partial charge on any atom is 0.349 e. The van der Waals surface area contributed by atoms with Gasteiger partial charge in [-0.3, -0.25) is 4.79 Å². The fourth-order valence-electron chi connectivity index (χ4n) is 3.00. The summed E-state index contributed by atoms with van der Waals surface area (Å²) in [6.07, 6.45) is 0. The van der Waals surface area contributed by atoms with Crippen molar-refractivity contribution in [3.05, 3.63) is 79.1 Å². The number of rotatable bonds is 5. The number of hydrogen-bond acceptors (Lipinski definition) is 6. The lowest BCUT2D eigenvalue weighted by Crippen LogP contribution is -2.24. The van der Waals surface area contributed by atoms with Crippen LogP contribution in [0.4, 0.5) is 14.6 Å². The lowest BCUT2D eigenvalue weighted by molar-refractivity contribution is 0.0694. The van der Waals surface area contributed by atoms with Crippen LogP contribution in [0.15, 0.2) is 35.1 Å². The van der Waals surface area contributed by atoms with E-state index in [4.69, 9.17) is 33.7 Å². The van der Waals surface area contributed by atoms with E-state index in [0.717, 1.165) is 30.3 Å². The highest BCUT2D eigenvalue weighted by molar-refractivity contribution is 6.36. The Morgan fingerprint density at radius 3 is 2.09 bits per heavy atom. The Bertz CT molecular complexity index is 1390. The number of esters is 1. The molecule has 2 aromatic carbocycles. The number of hydrogen-bond donors (Lipinski definition) is 4. The number of halogens is 4. The van der Waals surface area contributed by atoms with E-state index in [1.165, 1.54) is 0 Å². The fraction of sp³-hybridized carbons (Fsp3) is 0. The number of nitrogen functional groups attached to an aromatic ring is 1. The molecule has 0 aliphatic rings. The Kier molecular flexibility index (Phi) is 6.38. The smallest absolute Gasteiger partial charge is 0.349 e. The number of carboxylic acids is 2. The van der Waals surface area contributed by atoms with Crippen LogP contribution in [0.2, 0.25) is 10.0 Å². The van der Waals surface area contributed by atoms with Gasteiger partial charge in [0, 0.05) is 16.1 Å². The number of carbonyl (C=O) groups is 3. The van der Waals surface area contributed by atoms with E-state index in [1.54, 1.807) is 0 Å². The van der Waals surface area contributed by atoms with Gasteiger partial charge in [0.2, 0.25) is 0 Å². The summed E-state index contributed by atoms with van der Waals surface area (Å²) in [6.45, 7) is 0. The summed E-state index contributed by atoms with van der Waals surface area (Å²) in [5.41, 5.74) is -0.107. The van der Waals surface area contributed by atoms with Crippen LogP contribution < -0.4 is 16.0 Å². The number of aromatic amines is 1. The van der Waals surface area contributed by atoms with Crippen molar-refractivity contribution < 1.29 is 38.1 Å². The molecular weight excluding hydrogens is 489 g/mol. The molecular formula is C20H10Cl2F2N2O7. The van der Waals surface area contributed by atoms with E-state index >= 15 is 0 Å². The normalized spacial score (nSPS) is 10.7. The van der Waals surface area contributed by atoms with Crippen LogP contribution in [0, 0.1) is 11.6 Å². The van der Waals surface area contributed by atoms with Crippen LogP contribution in [-0.4, -0.2) is 33.1 Å². The highest BCUT2D eigenvalue weighted by atomic mass is 35.5. The molecule has 1 aromatic heterocycles. The third-order valence-corrected chi connectivity index (χ3v) is 4.81. The van der Waals surface area contributed by atoms with Crippen molar-refractivity contribution in [2.75, 3.05) is 5.73 Å². The number of aromatic nitrogens is 1. The molecule has 33 heavy (non-hydrogen) atoms. The van der Waals surface area contributed by atoms with Crippen LogP contribution in [0.25, 0.3) is 11.1 Å². The first-order valence-electron chi connectivity index (χ1n) is 8.62. The average Bonchev–Trinajstić information content (AvgIpc) is 2.68. The molecule has 0 saturated heterocycles. The average molecular weight is 499 g/mol. The van der Waals surface area contributed by atoms with Crippen LogP contribution in [0.5, 0.6) is 5.75 Å². The number of nitrogens with two attached hydrogens (primary N) is 1. The van der Waals surface area contributed by atoms with Crippen LogP contribution in [0.1, 0.15) is 31.1 Å². The second-order valence-electron chi connectivity index (χ2n) is 6.35. The van der Waals surface area contributed by atoms with Crippen molar-refractivity contribution in [3.63, 3.8) is 0 Å². The van der Waals surface area contributed by atoms with Crippen LogP contribution >= 0.6 is 23.2 Å². The number of carboxylic acid groups (broad SMARTS) is 2. The molecule has 0 saturated carbocycles. The monoisotopic (exact) mass is 498 g/mol. The van der Waals surface area contributed by atoms with Crippen molar-refractivity contribution in [3.8, 4) is 16.9 Å². The minimum Gasteiger partial charge on any atom is -0.478 e. The minimum atomic E-state index is -1.86. The van der Waals surface area contributed by atoms with Crippen molar-refractivity contribution >= 4 is 46.9 Å². The van der Waals surface area contributed by atoms with Gasteiger partial charge in [0.25, 0.3) is 5.56 Å². The van der Waals surface area contributed by atoms with Gasteiger partial charge >= 0.3 is 17.9 Å². The van der Waals surface area contributed by atoms with E-state index in [1.807, 2.05) is 4.98 Å². The molecule has 0 amide bonds. The Morgan fingerprint density at radius 2 is 1.55 bits per heavy atom. The summed E-state index contributed by atoms with van der Waals surface area (Å²) in [4.78, 5) is 50.3. The summed E-state index contributed by atoms with van der Waals surface area (Å²) in [6, 6.07) is 4.55. The molecule has 5 N–H and O–H groups in total. The number of pyridine rings is 1. The SMILES string of the molecule is Nc1[nH]c(=O)c(C(=O)O)c(-c2cc(Cl)cc(Cl)c2OC(=O)c2c(F)cccc2F)c1C(=O)O. The number of carbonyl (C=O) groups excluding carboxylic acids is 1. The summed E-state index contributed by atoms with van der Waals surface area (Å²) in [5.74, 6) is -9.18. The number of ether oxygens (including phenoxy) is 1. The molecule has 1 heterocycles. The number of nitrogens with one attached hydrogen (secondary N) is 1. The van der Waals surface area contributed by atoms with Gasteiger partial charge in [-0.1, -0.05) is 29.3 Å². The Morgan fingerprint density at radius 1 is 0.970 bits per heavy atom. The molecule has 0 aliphatic carbocycles.